The molecule has 112 valence electrons. The van der Waals surface area contributed by atoms with Gasteiger partial charge < -0.3 is 19.4 Å². The Kier molecular flexibility index (Phi) is 3.55. The highest BCUT2D eigenvalue weighted by Gasteiger charge is 2.32. The van der Waals surface area contributed by atoms with E-state index in [1.54, 1.807) is 6.20 Å². The van der Waals surface area contributed by atoms with Gasteiger partial charge in [-0.25, -0.2) is 4.98 Å². The minimum atomic E-state index is -0.0264. The summed E-state index contributed by atoms with van der Waals surface area (Å²) in [5.74, 6) is 0.988. The van der Waals surface area contributed by atoms with E-state index in [9.17, 15) is 4.79 Å². The van der Waals surface area contributed by atoms with E-state index in [0.717, 1.165) is 30.3 Å². The van der Waals surface area contributed by atoms with Gasteiger partial charge in [-0.2, -0.15) is 0 Å². The minimum absolute atomic E-state index is 0.0264. The first-order valence-corrected chi connectivity index (χ1v) is 7.21. The highest BCUT2D eigenvalue weighted by molar-refractivity contribution is 5.93. The van der Waals surface area contributed by atoms with Crippen LogP contribution in [0.25, 0.3) is 0 Å². The molecule has 0 radical (unpaired) electrons. The van der Waals surface area contributed by atoms with Crippen LogP contribution in [-0.4, -0.2) is 44.6 Å². The summed E-state index contributed by atoms with van der Waals surface area (Å²) in [7, 11) is 3.90. The number of aromatic nitrogens is 3. The van der Waals surface area contributed by atoms with Crippen molar-refractivity contribution < 1.29 is 4.79 Å². The number of amides is 1. The second-order valence-electron chi connectivity index (χ2n) is 5.53. The molecule has 21 heavy (non-hydrogen) atoms. The number of carbonyl (C=O) groups excluding carboxylic acids is 1. The molecule has 3 rings (SSSR count). The van der Waals surface area contributed by atoms with E-state index in [4.69, 9.17) is 0 Å². The summed E-state index contributed by atoms with van der Waals surface area (Å²) >= 11 is 0. The normalized spacial score (nSPS) is 19.0. The van der Waals surface area contributed by atoms with E-state index in [1.807, 2.05) is 53.4 Å². The average molecular weight is 287 g/mol. The Hall–Kier alpha value is -2.08. The maximum absolute atomic E-state index is 12.9. The lowest BCUT2D eigenvalue weighted by molar-refractivity contribution is 0.0610. The fraction of sp³-hybridized carbons (Fsp3) is 0.467. The van der Waals surface area contributed by atoms with Crippen LogP contribution >= 0.6 is 0 Å². The predicted octanol–water partition coefficient (Wildman–Crippen LogP) is 0.854. The lowest BCUT2D eigenvalue weighted by Crippen LogP contribution is -2.49. The van der Waals surface area contributed by atoms with E-state index in [0.29, 0.717) is 6.54 Å². The van der Waals surface area contributed by atoms with Crippen molar-refractivity contribution in [2.45, 2.75) is 13.0 Å². The molecule has 1 atom stereocenters. The summed E-state index contributed by atoms with van der Waals surface area (Å²) in [6, 6.07) is 3.85. The molecule has 0 aromatic carbocycles. The van der Waals surface area contributed by atoms with E-state index in [-0.39, 0.29) is 11.9 Å². The topological polar surface area (TPSA) is 55.1 Å². The van der Waals surface area contributed by atoms with Gasteiger partial charge in [-0.3, -0.25) is 4.79 Å². The van der Waals surface area contributed by atoms with Crippen molar-refractivity contribution in [1.29, 1.82) is 0 Å². The number of aryl methyl sites for hydroxylation is 2. The number of carbonyl (C=O) groups is 1. The van der Waals surface area contributed by atoms with Crippen molar-refractivity contribution in [1.82, 2.24) is 24.3 Å². The molecular formula is C15H21N5O. The highest BCUT2D eigenvalue weighted by atomic mass is 16.2. The fourth-order valence-electron chi connectivity index (χ4n) is 2.85. The molecule has 6 nitrogen and oxygen atoms in total. The summed E-state index contributed by atoms with van der Waals surface area (Å²) in [4.78, 5) is 19.2. The average Bonchev–Trinajstić information content (AvgIpc) is 3.05. The summed E-state index contributed by atoms with van der Waals surface area (Å²) < 4.78 is 3.92. The van der Waals surface area contributed by atoms with Gasteiger partial charge >= 0.3 is 0 Å². The van der Waals surface area contributed by atoms with Crippen molar-refractivity contribution >= 4 is 5.91 Å². The first kappa shape index (κ1) is 13.9. The second-order valence-corrected chi connectivity index (χ2v) is 5.53. The number of nitrogens with zero attached hydrogens (tertiary/aromatic N) is 4. The Morgan fingerprint density at radius 1 is 1.38 bits per heavy atom. The number of nitrogens with one attached hydrogen (secondary N) is 1. The fourth-order valence-corrected chi connectivity index (χ4v) is 2.85. The Balaban J connectivity index is 1.93. The standard InChI is InChI=1S/C15H21N5O/c1-11-4-5-12(19(11)3)15(21)20-9-6-16-10-13(20)14-17-7-8-18(14)2/h4-5,7-8,13,16H,6,9-10H2,1-3H3. The van der Waals surface area contributed by atoms with Crippen LogP contribution in [0.1, 0.15) is 28.0 Å². The lowest BCUT2D eigenvalue weighted by atomic mass is 10.1. The van der Waals surface area contributed by atoms with Crippen LogP contribution in [0, 0.1) is 6.92 Å². The van der Waals surface area contributed by atoms with Crippen LogP contribution in [0.2, 0.25) is 0 Å². The number of piperazine rings is 1. The highest BCUT2D eigenvalue weighted by Crippen LogP contribution is 2.23. The molecular weight excluding hydrogens is 266 g/mol. The summed E-state index contributed by atoms with van der Waals surface area (Å²) in [6.07, 6.45) is 3.69. The summed E-state index contributed by atoms with van der Waals surface area (Å²) in [6.45, 7) is 4.25. The van der Waals surface area contributed by atoms with Crippen molar-refractivity contribution in [3.63, 3.8) is 0 Å². The molecule has 6 heteroatoms. The lowest BCUT2D eigenvalue weighted by Gasteiger charge is -2.35. The Bertz CT molecular complexity index is 657. The monoisotopic (exact) mass is 287 g/mol. The van der Waals surface area contributed by atoms with Gasteiger partial charge in [0.1, 0.15) is 17.6 Å². The number of imidazole rings is 1. The third-order valence-corrected chi connectivity index (χ3v) is 4.25. The van der Waals surface area contributed by atoms with Crippen LogP contribution in [0.15, 0.2) is 24.5 Å². The van der Waals surface area contributed by atoms with Gasteiger partial charge in [-0.05, 0) is 19.1 Å². The van der Waals surface area contributed by atoms with E-state index in [1.165, 1.54) is 0 Å². The Labute approximate surface area is 124 Å². The third kappa shape index (κ3) is 2.35. The number of hydrogen-bond donors (Lipinski definition) is 1. The molecule has 1 aliphatic rings. The summed E-state index contributed by atoms with van der Waals surface area (Å²) in [5.41, 5.74) is 1.82. The molecule has 2 aromatic rings. The van der Waals surface area contributed by atoms with Crippen LogP contribution in [0.4, 0.5) is 0 Å². The molecule has 0 aliphatic carbocycles. The van der Waals surface area contributed by atoms with Crippen molar-refractivity contribution in [2.24, 2.45) is 14.1 Å². The van der Waals surface area contributed by atoms with Crippen LogP contribution in [-0.2, 0) is 14.1 Å². The Morgan fingerprint density at radius 2 is 2.19 bits per heavy atom. The van der Waals surface area contributed by atoms with Crippen LogP contribution < -0.4 is 5.32 Å². The molecule has 1 saturated heterocycles. The first-order valence-electron chi connectivity index (χ1n) is 7.21. The molecule has 1 unspecified atom stereocenters. The quantitative estimate of drug-likeness (QED) is 0.891. The first-order chi connectivity index (χ1) is 10.1. The number of rotatable bonds is 2. The van der Waals surface area contributed by atoms with Crippen LogP contribution in [0.5, 0.6) is 0 Å². The Morgan fingerprint density at radius 3 is 2.81 bits per heavy atom. The van der Waals surface area contributed by atoms with E-state index in [2.05, 4.69) is 10.3 Å². The SMILES string of the molecule is Cc1ccc(C(=O)N2CCNCC2c2nccn2C)n1C. The van der Waals surface area contributed by atoms with Gasteiger partial charge in [-0.1, -0.05) is 0 Å². The predicted molar refractivity (Wildman–Crippen MR) is 80.0 cm³/mol. The molecule has 0 bridgehead atoms. The van der Waals surface area contributed by atoms with Gasteiger partial charge in [0.05, 0.1) is 0 Å². The third-order valence-electron chi connectivity index (χ3n) is 4.25. The van der Waals surface area contributed by atoms with Gasteiger partial charge in [0, 0.05) is 51.8 Å². The zero-order chi connectivity index (χ0) is 15.0. The van der Waals surface area contributed by atoms with E-state index >= 15 is 0 Å². The maximum Gasteiger partial charge on any atom is 0.271 e. The number of hydrogen-bond acceptors (Lipinski definition) is 3. The molecule has 1 fully saturated rings. The summed E-state index contributed by atoms with van der Waals surface area (Å²) in [5, 5.41) is 3.35. The van der Waals surface area contributed by atoms with Crippen molar-refractivity contribution in [2.75, 3.05) is 19.6 Å². The minimum Gasteiger partial charge on any atom is -0.344 e. The van der Waals surface area contributed by atoms with Gasteiger partial charge in [-0.15, -0.1) is 0 Å². The zero-order valence-corrected chi connectivity index (χ0v) is 12.7. The molecule has 2 aromatic heterocycles. The second kappa shape index (κ2) is 5.37. The molecule has 1 amide bonds. The van der Waals surface area contributed by atoms with Crippen molar-refractivity contribution in [3.05, 3.63) is 41.7 Å². The molecule has 1 aliphatic heterocycles. The zero-order valence-electron chi connectivity index (χ0n) is 12.7. The van der Waals surface area contributed by atoms with Gasteiger partial charge in [0.25, 0.3) is 5.91 Å². The molecule has 0 saturated carbocycles. The molecule has 0 spiro atoms. The van der Waals surface area contributed by atoms with E-state index < -0.39 is 0 Å². The maximum atomic E-state index is 12.9. The largest absolute Gasteiger partial charge is 0.344 e. The van der Waals surface area contributed by atoms with Crippen molar-refractivity contribution in [3.8, 4) is 0 Å². The molecule has 1 N–H and O–H groups in total. The van der Waals surface area contributed by atoms with Gasteiger partial charge in [0.15, 0.2) is 0 Å². The van der Waals surface area contributed by atoms with Crippen LogP contribution in [0.3, 0.4) is 0 Å². The molecule has 3 heterocycles. The van der Waals surface area contributed by atoms with Gasteiger partial charge in [0.2, 0.25) is 0 Å². The smallest absolute Gasteiger partial charge is 0.271 e.